The second kappa shape index (κ2) is 4.21. The van der Waals surface area contributed by atoms with E-state index in [1.807, 2.05) is 19.1 Å². The van der Waals surface area contributed by atoms with Crippen LogP contribution >= 0.6 is 11.6 Å². The molecule has 4 heteroatoms. The van der Waals surface area contributed by atoms with Crippen molar-refractivity contribution < 1.29 is 4.79 Å². The molecule has 0 radical (unpaired) electrons. The molecule has 1 aromatic carbocycles. The minimum Gasteiger partial charge on any atom is -0.351 e. The fraction of sp³-hybridized carbons (Fsp3) is 0.364. The summed E-state index contributed by atoms with van der Waals surface area (Å²) < 4.78 is 0. The van der Waals surface area contributed by atoms with Gasteiger partial charge in [0.05, 0.1) is 0 Å². The quantitative estimate of drug-likeness (QED) is 0.759. The average Bonchev–Trinajstić information content (AvgIpc) is 2.20. The van der Waals surface area contributed by atoms with E-state index in [4.69, 9.17) is 11.6 Å². The van der Waals surface area contributed by atoms with Crippen LogP contribution in [0, 0.1) is 0 Å². The summed E-state index contributed by atoms with van der Waals surface area (Å²) in [6, 6.07) is 7.28. The first-order chi connectivity index (χ1) is 7.16. The summed E-state index contributed by atoms with van der Waals surface area (Å²) in [5, 5.41) is 6.79. The van der Waals surface area contributed by atoms with Crippen molar-refractivity contribution in [3.63, 3.8) is 0 Å². The molecular weight excluding hydrogens is 212 g/mol. The molecule has 1 fully saturated rings. The largest absolute Gasteiger partial charge is 0.351 e. The number of nitrogens with one attached hydrogen (secondary N) is 2. The van der Waals surface area contributed by atoms with Gasteiger partial charge in [0, 0.05) is 17.6 Å². The van der Waals surface area contributed by atoms with Crippen molar-refractivity contribution >= 4 is 17.5 Å². The second-order valence-electron chi connectivity index (χ2n) is 3.80. The van der Waals surface area contributed by atoms with Gasteiger partial charge in [0.2, 0.25) is 5.91 Å². The number of hydrogen-bond acceptors (Lipinski definition) is 2. The number of amides is 1. The number of carbonyl (C=O) groups is 1. The third kappa shape index (κ3) is 2.30. The van der Waals surface area contributed by atoms with Crippen LogP contribution in [0.15, 0.2) is 24.3 Å². The van der Waals surface area contributed by atoms with Gasteiger partial charge in [-0.05, 0) is 24.6 Å². The van der Waals surface area contributed by atoms with Gasteiger partial charge in [-0.1, -0.05) is 23.7 Å². The maximum absolute atomic E-state index is 11.7. The zero-order valence-electron chi connectivity index (χ0n) is 8.46. The van der Waals surface area contributed by atoms with Crippen LogP contribution in [0.25, 0.3) is 0 Å². The summed E-state index contributed by atoms with van der Waals surface area (Å²) in [5.41, 5.74) is 0.948. The van der Waals surface area contributed by atoms with Crippen molar-refractivity contribution in [2.45, 2.75) is 19.0 Å². The smallest absolute Gasteiger partial charge is 0.241 e. The summed E-state index contributed by atoms with van der Waals surface area (Å²) in [6.07, 6.45) is 0. The second-order valence-corrected chi connectivity index (χ2v) is 4.24. The van der Waals surface area contributed by atoms with Crippen molar-refractivity contribution in [1.29, 1.82) is 0 Å². The number of hydrogen-bond donors (Lipinski definition) is 2. The molecule has 2 rings (SSSR count). The average molecular weight is 225 g/mol. The highest BCUT2D eigenvalue weighted by Gasteiger charge is 2.26. The first-order valence-electron chi connectivity index (χ1n) is 4.96. The van der Waals surface area contributed by atoms with Crippen LogP contribution in [0.2, 0.25) is 5.02 Å². The molecule has 2 N–H and O–H groups in total. The monoisotopic (exact) mass is 224 g/mol. The Labute approximate surface area is 93.8 Å². The van der Waals surface area contributed by atoms with Crippen molar-refractivity contribution in [3.8, 4) is 0 Å². The van der Waals surface area contributed by atoms with Crippen LogP contribution in [0.1, 0.15) is 18.5 Å². The molecule has 1 amide bonds. The number of benzene rings is 1. The fourth-order valence-corrected chi connectivity index (χ4v) is 1.81. The number of rotatable bonds is 1. The van der Waals surface area contributed by atoms with Crippen LogP contribution in [-0.2, 0) is 4.79 Å². The molecule has 80 valence electrons. The molecular formula is C11H13ClN2O. The lowest BCUT2D eigenvalue weighted by Crippen LogP contribution is -2.52. The van der Waals surface area contributed by atoms with E-state index in [2.05, 4.69) is 10.6 Å². The van der Waals surface area contributed by atoms with Gasteiger partial charge in [-0.25, -0.2) is 0 Å². The van der Waals surface area contributed by atoms with E-state index in [9.17, 15) is 4.79 Å². The minimum atomic E-state index is -0.251. The Morgan fingerprint density at radius 3 is 2.60 bits per heavy atom. The van der Waals surface area contributed by atoms with Crippen molar-refractivity contribution in [2.24, 2.45) is 0 Å². The van der Waals surface area contributed by atoms with Crippen LogP contribution in [0.5, 0.6) is 0 Å². The Kier molecular flexibility index (Phi) is 2.93. The number of piperazine rings is 1. The zero-order chi connectivity index (χ0) is 10.8. The highest BCUT2D eigenvalue weighted by molar-refractivity contribution is 6.30. The van der Waals surface area contributed by atoms with Gasteiger partial charge in [-0.3, -0.25) is 4.79 Å². The van der Waals surface area contributed by atoms with Gasteiger partial charge in [-0.2, -0.15) is 0 Å². The summed E-state index contributed by atoms with van der Waals surface area (Å²) in [7, 11) is 0. The van der Waals surface area contributed by atoms with Crippen LogP contribution < -0.4 is 10.6 Å². The molecule has 1 aliphatic heterocycles. The number of carbonyl (C=O) groups excluding carboxylic acids is 1. The van der Waals surface area contributed by atoms with Gasteiger partial charge in [0.1, 0.15) is 6.04 Å². The van der Waals surface area contributed by atoms with Gasteiger partial charge < -0.3 is 10.6 Å². The lowest BCUT2D eigenvalue weighted by Gasteiger charge is -2.28. The summed E-state index contributed by atoms with van der Waals surface area (Å²) in [4.78, 5) is 11.7. The Morgan fingerprint density at radius 1 is 1.33 bits per heavy atom. The summed E-state index contributed by atoms with van der Waals surface area (Å²) in [6.45, 7) is 2.77. The normalized spacial score (nSPS) is 26.1. The van der Waals surface area contributed by atoms with E-state index in [-0.39, 0.29) is 18.0 Å². The lowest BCUT2D eigenvalue weighted by molar-refractivity contribution is -0.125. The van der Waals surface area contributed by atoms with E-state index >= 15 is 0 Å². The molecule has 0 bridgehead atoms. The van der Waals surface area contributed by atoms with Crippen molar-refractivity contribution in [3.05, 3.63) is 34.9 Å². The first-order valence-corrected chi connectivity index (χ1v) is 5.34. The van der Waals surface area contributed by atoms with E-state index in [0.29, 0.717) is 5.02 Å². The molecule has 1 aliphatic rings. The SMILES string of the molecule is C[C@@H]1CN[C@H](c2ccc(Cl)cc2)C(=O)N1. The van der Waals surface area contributed by atoms with Gasteiger partial charge in [-0.15, -0.1) is 0 Å². The molecule has 0 unspecified atom stereocenters. The maximum Gasteiger partial charge on any atom is 0.241 e. The molecule has 0 aromatic heterocycles. The van der Waals surface area contributed by atoms with E-state index in [1.54, 1.807) is 12.1 Å². The van der Waals surface area contributed by atoms with Crippen LogP contribution in [-0.4, -0.2) is 18.5 Å². The maximum atomic E-state index is 11.7. The van der Waals surface area contributed by atoms with Gasteiger partial charge in [0.15, 0.2) is 0 Å². The van der Waals surface area contributed by atoms with Gasteiger partial charge in [0.25, 0.3) is 0 Å². The van der Waals surface area contributed by atoms with E-state index < -0.39 is 0 Å². The van der Waals surface area contributed by atoms with Crippen molar-refractivity contribution in [1.82, 2.24) is 10.6 Å². The highest BCUT2D eigenvalue weighted by Crippen LogP contribution is 2.18. The molecule has 2 atom stereocenters. The molecule has 15 heavy (non-hydrogen) atoms. The molecule has 0 saturated carbocycles. The number of halogens is 1. The Balaban J connectivity index is 2.17. The third-order valence-corrected chi connectivity index (χ3v) is 2.73. The highest BCUT2D eigenvalue weighted by atomic mass is 35.5. The van der Waals surface area contributed by atoms with E-state index in [0.717, 1.165) is 12.1 Å². The molecule has 3 nitrogen and oxygen atoms in total. The fourth-order valence-electron chi connectivity index (χ4n) is 1.69. The Morgan fingerprint density at radius 2 is 2.00 bits per heavy atom. The predicted octanol–water partition coefficient (Wildman–Crippen LogP) is 1.49. The molecule has 1 heterocycles. The molecule has 1 aromatic rings. The van der Waals surface area contributed by atoms with Crippen molar-refractivity contribution in [2.75, 3.05) is 6.54 Å². The minimum absolute atomic E-state index is 0.0241. The zero-order valence-corrected chi connectivity index (χ0v) is 9.21. The van der Waals surface area contributed by atoms with Crippen LogP contribution in [0.4, 0.5) is 0 Å². The van der Waals surface area contributed by atoms with Crippen LogP contribution in [0.3, 0.4) is 0 Å². The Hall–Kier alpha value is -1.06. The Bertz CT molecular complexity index is 363. The topological polar surface area (TPSA) is 41.1 Å². The standard InChI is InChI=1S/C11H13ClN2O/c1-7-6-13-10(11(15)14-7)8-2-4-9(12)5-3-8/h2-5,7,10,13H,6H2,1H3,(H,14,15)/t7-,10-/m1/s1. The van der Waals surface area contributed by atoms with Gasteiger partial charge >= 0.3 is 0 Å². The lowest BCUT2D eigenvalue weighted by atomic mass is 10.0. The molecule has 1 saturated heterocycles. The molecule has 0 aliphatic carbocycles. The predicted molar refractivity (Wildman–Crippen MR) is 59.8 cm³/mol. The first kappa shape index (κ1) is 10.5. The summed E-state index contributed by atoms with van der Waals surface area (Å²) in [5.74, 6) is 0.0241. The third-order valence-electron chi connectivity index (χ3n) is 2.48. The molecule has 0 spiro atoms. The summed E-state index contributed by atoms with van der Waals surface area (Å²) >= 11 is 5.79. The van der Waals surface area contributed by atoms with E-state index in [1.165, 1.54) is 0 Å².